The molecule has 1 aliphatic rings. The molecule has 36 heavy (non-hydrogen) atoms. The van der Waals surface area contributed by atoms with E-state index in [1.807, 2.05) is 31.2 Å². The number of nitrogens with zero attached hydrogens (tertiary/aromatic N) is 3. The van der Waals surface area contributed by atoms with Crippen LogP contribution in [0.3, 0.4) is 0 Å². The van der Waals surface area contributed by atoms with Crippen molar-refractivity contribution in [1.82, 2.24) is 14.5 Å². The van der Waals surface area contributed by atoms with Crippen LogP contribution in [0.25, 0.3) is 15.9 Å². The van der Waals surface area contributed by atoms with Crippen LogP contribution >= 0.6 is 23.1 Å². The summed E-state index contributed by atoms with van der Waals surface area (Å²) in [5.74, 6) is -0.556. The average Bonchev–Trinajstić information content (AvgIpc) is 3.23. The van der Waals surface area contributed by atoms with Crippen LogP contribution in [0.2, 0.25) is 0 Å². The molecule has 9 heteroatoms. The molecular weight excluding hydrogens is 495 g/mol. The highest BCUT2D eigenvalue weighted by Crippen LogP contribution is 2.35. The van der Waals surface area contributed by atoms with Crippen LogP contribution < -0.4 is 10.9 Å². The predicted molar refractivity (Wildman–Crippen MR) is 145 cm³/mol. The van der Waals surface area contributed by atoms with Gasteiger partial charge in [-0.2, -0.15) is 0 Å². The quantitative estimate of drug-likeness (QED) is 0.272. The maximum atomic E-state index is 13.9. The van der Waals surface area contributed by atoms with Crippen LogP contribution in [0.1, 0.15) is 29.9 Å². The molecule has 0 spiro atoms. The summed E-state index contributed by atoms with van der Waals surface area (Å²) >= 11 is 2.80. The van der Waals surface area contributed by atoms with Gasteiger partial charge in [-0.1, -0.05) is 29.5 Å². The summed E-state index contributed by atoms with van der Waals surface area (Å²) in [4.78, 5) is 35.8. The number of hydrogen-bond acceptors (Lipinski definition) is 6. The van der Waals surface area contributed by atoms with Gasteiger partial charge in [0.05, 0.1) is 16.8 Å². The van der Waals surface area contributed by atoms with Gasteiger partial charge in [-0.15, -0.1) is 11.3 Å². The number of halogens is 1. The number of aryl methyl sites for hydroxylation is 1. The molecule has 2 aromatic carbocycles. The Labute approximate surface area is 217 Å². The second-order valence-electron chi connectivity index (χ2n) is 9.21. The molecule has 3 heterocycles. The highest BCUT2D eigenvalue weighted by molar-refractivity contribution is 7.99. The molecule has 0 radical (unpaired) electrons. The third kappa shape index (κ3) is 4.96. The normalized spacial score (nSPS) is 13.8. The Morgan fingerprint density at radius 2 is 1.89 bits per heavy atom. The van der Waals surface area contributed by atoms with Gasteiger partial charge in [0.15, 0.2) is 5.16 Å². The molecule has 0 saturated heterocycles. The summed E-state index contributed by atoms with van der Waals surface area (Å²) < 4.78 is 14.8. The Bertz CT molecular complexity index is 1480. The largest absolute Gasteiger partial charge is 0.325 e. The van der Waals surface area contributed by atoms with Crippen LogP contribution in [0.4, 0.5) is 10.1 Å². The fraction of sp³-hybridized carbons (Fsp3) is 0.296. The maximum absolute atomic E-state index is 13.9. The van der Waals surface area contributed by atoms with Gasteiger partial charge in [0, 0.05) is 29.7 Å². The number of thioether (sulfide) groups is 1. The molecule has 0 aliphatic carbocycles. The van der Waals surface area contributed by atoms with E-state index >= 15 is 0 Å². The summed E-state index contributed by atoms with van der Waals surface area (Å²) in [7, 11) is 0. The highest BCUT2D eigenvalue weighted by Gasteiger charge is 2.26. The van der Waals surface area contributed by atoms with Crippen molar-refractivity contribution >= 4 is 44.9 Å². The van der Waals surface area contributed by atoms with Gasteiger partial charge >= 0.3 is 0 Å². The van der Waals surface area contributed by atoms with E-state index in [2.05, 4.69) is 24.1 Å². The smallest absolute Gasteiger partial charge is 0.267 e. The Kier molecular flexibility index (Phi) is 6.96. The summed E-state index contributed by atoms with van der Waals surface area (Å²) in [6, 6.07) is 13.8. The summed E-state index contributed by atoms with van der Waals surface area (Å²) in [5.41, 5.74) is 3.34. The number of rotatable bonds is 6. The van der Waals surface area contributed by atoms with Gasteiger partial charge in [-0.25, -0.2) is 9.37 Å². The van der Waals surface area contributed by atoms with Crippen molar-refractivity contribution in [2.75, 3.05) is 17.6 Å². The number of nitrogens with one attached hydrogen (secondary N) is 1. The first-order valence-corrected chi connectivity index (χ1v) is 13.7. The highest BCUT2D eigenvalue weighted by atomic mass is 32.2. The summed E-state index contributed by atoms with van der Waals surface area (Å²) in [5, 5.41) is 3.94. The number of amides is 1. The van der Waals surface area contributed by atoms with Gasteiger partial charge in [-0.3, -0.25) is 19.1 Å². The van der Waals surface area contributed by atoms with Gasteiger partial charge < -0.3 is 5.32 Å². The zero-order valence-electron chi connectivity index (χ0n) is 20.4. The lowest BCUT2D eigenvalue weighted by atomic mass is 10.0. The molecule has 0 bridgehead atoms. The Balaban J connectivity index is 1.51. The average molecular weight is 523 g/mol. The van der Waals surface area contributed by atoms with E-state index in [1.54, 1.807) is 15.9 Å². The standard InChI is InChI=1S/C27H27FN4O2S2/c1-16(2)31-13-12-21-22(14-31)36-25-24(21)26(34)32(20-10-4-17(3)5-11-20)27(30-25)35-15-23(33)29-19-8-6-18(28)7-9-19/h4-11,16H,12-15H2,1-3H3,(H,29,33). The zero-order chi connectivity index (χ0) is 25.4. The van der Waals surface area contributed by atoms with Gasteiger partial charge in [0.25, 0.3) is 5.56 Å². The molecule has 6 nitrogen and oxygen atoms in total. The van der Waals surface area contributed by atoms with Gasteiger partial charge in [0.2, 0.25) is 5.91 Å². The number of thiophene rings is 1. The van der Waals surface area contributed by atoms with Crippen molar-refractivity contribution < 1.29 is 9.18 Å². The molecular formula is C27H27FN4O2S2. The third-order valence-corrected chi connectivity index (χ3v) is 8.41. The lowest BCUT2D eigenvalue weighted by molar-refractivity contribution is -0.113. The van der Waals surface area contributed by atoms with Gasteiger partial charge in [0.1, 0.15) is 10.6 Å². The number of fused-ring (bicyclic) bond motifs is 3. The summed E-state index contributed by atoms with van der Waals surface area (Å²) in [6.45, 7) is 8.11. The van der Waals surface area contributed by atoms with E-state index in [0.717, 1.165) is 41.2 Å². The van der Waals surface area contributed by atoms with E-state index in [1.165, 1.54) is 40.9 Å². The predicted octanol–water partition coefficient (Wildman–Crippen LogP) is 5.39. The van der Waals surface area contributed by atoms with Crippen molar-refractivity contribution in [3.63, 3.8) is 0 Å². The molecule has 0 saturated carbocycles. The molecule has 5 rings (SSSR count). The molecule has 0 fully saturated rings. The van der Waals surface area contributed by atoms with Crippen LogP contribution in [0, 0.1) is 12.7 Å². The van der Waals surface area contributed by atoms with Crippen LogP contribution in [0.15, 0.2) is 58.5 Å². The number of hydrogen-bond donors (Lipinski definition) is 1. The van der Waals surface area contributed by atoms with E-state index in [-0.39, 0.29) is 23.0 Å². The molecule has 1 N–H and O–H groups in total. The number of anilines is 1. The second kappa shape index (κ2) is 10.2. The molecule has 186 valence electrons. The van der Waals surface area contributed by atoms with E-state index in [9.17, 15) is 14.0 Å². The number of carbonyl (C=O) groups excluding carboxylic acids is 1. The Hall–Kier alpha value is -3.01. The fourth-order valence-electron chi connectivity index (χ4n) is 4.36. The van der Waals surface area contributed by atoms with Crippen molar-refractivity contribution in [3.8, 4) is 5.69 Å². The van der Waals surface area contributed by atoms with Crippen LogP contribution in [-0.2, 0) is 17.8 Å². The number of benzene rings is 2. The maximum Gasteiger partial charge on any atom is 0.267 e. The first-order chi connectivity index (χ1) is 17.3. The van der Waals surface area contributed by atoms with E-state index in [4.69, 9.17) is 4.98 Å². The van der Waals surface area contributed by atoms with Crippen LogP contribution in [0.5, 0.6) is 0 Å². The van der Waals surface area contributed by atoms with Crippen molar-refractivity contribution in [1.29, 1.82) is 0 Å². The van der Waals surface area contributed by atoms with E-state index < -0.39 is 0 Å². The van der Waals surface area contributed by atoms with Gasteiger partial charge in [-0.05, 0) is 69.2 Å². The minimum atomic E-state index is -0.364. The minimum Gasteiger partial charge on any atom is -0.325 e. The topological polar surface area (TPSA) is 67.2 Å². The minimum absolute atomic E-state index is 0.0629. The fourth-order valence-corrected chi connectivity index (χ4v) is 6.46. The summed E-state index contributed by atoms with van der Waals surface area (Å²) in [6.07, 6.45) is 0.824. The number of aromatic nitrogens is 2. The van der Waals surface area contributed by atoms with Crippen molar-refractivity contribution in [2.24, 2.45) is 0 Å². The first kappa shape index (κ1) is 24.7. The molecule has 0 atom stereocenters. The second-order valence-corrected chi connectivity index (χ2v) is 11.2. The van der Waals surface area contributed by atoms with Crippen molar-refractivity contribution in [2.45, 2.75) is 44.9 Å². The SMILES string of the molecule is Cc1ccc(-n2c(SCC(=O)Nc3ccc(F)cc3)nc3sc4c(c3c2=O)CCN(C(C)C)C4)cc1. The molecule has 1 amide bonds. The van der Waals surface area contributed by atoms with E-state index in [0.29, 0.717) is 22.3 Å². The lowest BCUT2D eigenvalue weighted by Gasteiger charge is -2.30. The Morgan fingerprint density at radius 3 is 2.58 bits per heavy atom. The zero-order valence-corrected chi connectivity index (χ0v) is 22.0. The number of carbonyl (C=O) groups is 1. The monoisotopic (exact) mass is 522 g/mol. The molecule has 1 aliphatic heterocycles. The van der Waals surface area contributed by atoms with Crippen molar-refractivity contribution in [3.05, 3.63) is 80.7 Å². The lowest BCUT2D eigenvalue weighted by Crippen LogP contribution is -2.35. The molecule has 2 aromatic heterocycles. The molecule has 0 unspecified atom stereocenters. The molecule has 4 aromatic rings. The third-order valence-electron chi connectivity index (χ3n) is 6.36. The van der Waals surface area contributed by atoms with Crippen LogP contribution in [-0.4, -0.2) is 38.7 Å². The first-order valence-electron chi connectivity index (χ1n) is 11.9. The Morgan fingerprint density at radius 1 is 1.17 bits per heavy atom.